The van der Waals surface area contributed by atoms with Crippen LogP contribution in [-0.2, 0) is 4.79 Å². The summed E-state index contributed by atoms with van der Waals surface area (Å²) < 4.78 is 63.4. The topological polar surface area (TPSA) is 78.4 Å². The van der Waals surface area contributed by atoms with Crippen molar-refractivity contribution in [2.45, 2.75) is 18.6 Å². The number of hydrogen-bond acceptors (Lipinski definition) is 2. The van der Waals surface area contributed by atoms with E-state index in [9.17, 15) is 31.5 Å². The summed E-state index contributed by atoms with van der Waals surface area (Å²) in [5.41, 5.74) is -3.88. The van der Waals surface area contributed by atoms with E-state index in [-0.39, 0.29) is 12.6 Å². The number of urea groups is 1. The van der Waals surface area contributed by atoms with Crippen molar-refractivity contribution in [3.05, 3.63) is 29.8 Å². The lowest BCUT2D eigenvalue weighted by Crippen LogP contribution is -2.62. The number of hydrogen-bond donors (Lipinski definition) is 3. The third-order valence-corrected chi connectivity index (χ3v) is 2.54. The van der Waals surface area contributed by atoms with Crippen LogP contribution in [-0.4, -0.2) is 28.8 Å². The first-order valence-corrected chi connectivity index (χ1v) is 5.31. The van der Waals surface area contributed by atoms with Crippen molar-refractivity contribution in [3.8, 4) is 0 Å². The Hall–Kier alpha value is -2.39. The number of carboxylic acid groups (broad SMARTS) is 1. The number of carbonyl (C=O) groups is 2. The molecule has 1 unspecified atom stereocenters. The highest BCUT2D eigenvalue weighted by Gasteiger charge is 2.58. The quantitative estimate of drug-likeness (QED) is 0.750. The van der Waals surface area contributed by atoms with Crippen molar-refractivity contribution in [2.75, 3.05) is 5.32 Å². The molecule has 0 aliphatic heterocycles. The maximum atomic E-state index is 12.9. The van der Waals surface area contributed by atoms with E-state index in [1.165, 1.54) is 5.32 Å². The predicted octanol–water partition coefficient (Wildman–Crippen LogP) is 2.49. The van der Waals surface area contributed by atoms with E-state index in [1.807, 2.05) is 0 Å². The van der Waals surface area contributed by atoms with Crippen LogP contribution in [0.15, 0.2) is 18.2 Å². The third kappa shape index (κ3) is 3.58. The second-order valence-corrected chi connectivity index (χ2v) is 4.14. The molecule has 0 aliphatic carbocycles. The number of rotatable bonds is 3. The van der Waals surface area contributed by atoms with Gasteiger partial charge in [0.1, 0.15) is 0 Å². The van der Waals surface area contributed by atoms with E-state index >= 15 is 0 Å². The van der Waals surface area contributed by atoms with Gasteiger partial charge in [0.25, 0.3) is 0 Å². The zero-order valence-electron chi connectivity index (χ0n) is 10.4. The largest absolute Gasteiger partial charge is 0.479 e. The molecular formula is C11H9F5N2O3. The molecule has 0 aromatic heterocycles. The van der Waals surface area contributed by atoms with Gasteiger partial charge in [-0.05, 0) is 19.1 Å². The van der Waals surface area contributed by atoms with Crippen LogP contribution in [0.25, 0.3) is 0 Å². The molecule has 0 radical (unpaired) electrons. The standard InChI is InChI=1S/C11H9F5N2O3/c1-10(8(19)20,11(14,15)16)18-9(21)17-5-2-3-6(12)7(13)4-5/h2-4H,1H3,(H,19,20)(H2,17,18,21). The minimum absolute atomic E-state index is 0.250. The minimum Gasteiger partial charge on any atom is -0.479 e. The Morgan fingerprint density at radius 3 is 2.14 bits per heavy atom. The highest BCUT2D eigenvalue weighted by atomic mass is 19.4. The van der Waals surface area contributed by atoms with Crippen molar-refractivity contribution >= 4 is 17.7 Å². The van der Waals surface area contributed by atoms with Crippen LogP contribution in [0.1, 0.15) is 6.92 Å². The summed E-state index contributed by atoms with van der Waals surface area (Å²) in [5, 5.41) is 11.6. The zero-order valence-corrected chi connectivity index (χ0v) is 10.4. The van der Waals surface area contributed by atoms with E-state index in [2.05, 4.69) is 0 Å². The van der Waals surface area contributed by atoms with Gasteiger partial charge in [-0.3, -0.25) is 0 Å². The summed E-state index contributed by atoms with van der Waals surface area (Å²) in [4.78, 5) is 22.1. The highest BCUT2D eigenvalue weighted by Crippen LogP contribution is 2.30. The van der Waals surface area contributed by atoms with Crippen LogP contribution < -0.4 is 10.6 Å². The summed E-state index contributed by atoms with van der Waals surface area (Å²) in [6.45, 7) is 0.250. The number of halogens is 5. The first kappa shape index (κ1) is 16.7. The summed E-state index contributed by atoms with van der Waals surface area (Å²) >= 11 is 0. The Kier molecular flexibility index (Phi) is 4.40. The van der Waals surface area contributed by atoms with Crippen LogP contribution in [0.5, 0.6) is 0 Å². The molecule has 1 rings (SSSR count). The summed E-state index contributed by atoms with van der Waals surface area (Å²) in [6.07, 6.45) is -5.26. The molecule has 1 aromatic carbocycles. The van der Waals surface area contributed by atoms with Gasteiger partial charge >= 0.3 is 18.2 Å². The maximum Gasteiger partial charge on any atom is 0.422 e. The fraction of sp³-hybridized carbons (Fsp3) is 0.273. The fourth-order valence-electron chi connectivity index (χ4n) is 1.21. The van der Waals surface area contributed by atoms with E-state index in [0.717, 1.165) is 6.07 Å². The van der Waals surface area contributed by atoms with Gasteiger partial charge in [-0.15, -0.1) is 0 Å². The number of nitrogens with one attached hydrogen (secondary N) is 2. The molecule has 1 atom stereocenters. The van der Waals surface area contributed by atoms with E-state index < -0.39 is 35.4 Å². The Bertz CT molecular complexity index is 575. The molecule has 0 saturated heterocycles. The number of benzene rings is 1. The average Bonchev–Trinajstić information content (AvgIpc) is 2.32. The van der Waals surface area contributed by atoms with Crippen LogP contribution in [0, 0.1) is 11.6 Å². The monoisotopic (exact) mass is 312 g/mol. The second kappa shape index (κ2) is 5.54. The molecule has 0 heterocycles. The molecule has 5 nitrogen and oxygen atoms in total. The lowest BCUT2D eigenvalue weighted by Gasteiger charge is -2.28. The molecule has 3 N–H and O–H groups in total. The molecule has 1 aromatic rings. The van der Waals surface area contributed by atoms with Crippen molar-refractivity contribution in [1.82, 2.24) is 5.32 Å². The van der Waals surface area contributed by atoms with Crippen molar-refractivity contribution in [3.63, 3.8) is 0 Å². The molecule has 0 aliphatic rings. The number of carboxylic acids is 1. The molecular weight excluding hydrogens is 303 g/mol. The van der Waals surface area contributed by atoms with Crippen molar-refractivity contribution < 1.29 is 36.6 Å². The predicted molar refractivity (Wildman–Crippen MR) is 60.6 cm³/mol. The molecule has 10 heteroatoms. The van der Waals surface area contributed by atoms with Crippen LogP contribution >= 0.6 is 0 Å². The number of aliphatic carboxylic acids is 1. The minimum atomic E-state index is -5.26. The molecule has 116 valence electrons. The van der Waals surface area contributed by atoms with Crippen LogP contribution in [0.4, 0.5) is 32.4 Å². The SMILES string of the molecule is CC(NC(=O)Nc1ccc(F)c(F)c1)(C(=O)O)C(F)(F)F. The number of alkyl halides is 3. The molecule has 0 spiro atoms. The van der Waals surface area contributed by atoms with Crippen LogP contribution in [0.3, 0.4) is 0 Å². The van der Waals surface area contributed by atoms with Gasteiger partial charge in [0.2, 0.25) is 5.54 Å². The lowest BCUT2D eigenvalue weighted by atomic mass is 10.0. The number of amides is 2. The number of carbonyl (C=O) groups excluding carboxylic acids is 1. The molecule has 0 saturated carbocycles. The lowest BCUT2D eigenvalue weighted by molar-refractivity contribution is -0.203. The van der Waals surface area contributed by atoms with E-state index in [0.29, 0.717) is 12.1 Å². The number of anilines is 1. The highest BCUT2D eigenvalue weighted by molar-refractivity contribution is 5.94. The summed E-state index contributed by atoms with van der Waals surface area (Å²) in [5.74, 6) is -4.87. The maximum absolute atomic E-state index is 12.9. The Morgan fingerprint density at radius 2 is 1.71 bits per heavy atom. The Balaban J connectivity index is 2.89. The van der Waals surface area contributed by atoms with Gasteiger partial charge in [0, 0.05) is 11.8 Å². The molecule has 0 fully saturated rings. The summed E-state index contributed by atoms with van der Waals surface area (Å²) in [7, 11) is 0. The molecule has 21 heavy (non-hydrogen) atoms. The Morgan fingerprint density at radius 1 is 1.14 bits per heavy atom. The Labute approximate surface area is 114 Å². The molecule has 0 bridgehead atoms. The van der Waals surface area contributed by atoms with E-state index in [1.54, 1.807) is 5.32 Å². The third-order valence-electron chi connectivity index (χ3n) is 2.54. The fourth-order valence-corrected chi connectivity index (χ4v) is 1.21. The van der Waals surface area contributed by atoms with Gasteiger partial charge in [-0.1, -0.05) is 0 Å². The van der Waals surface area contributed by atoms with Crippen LogP contribution in [0.2, 0.25) is 0 Å². The first-order chi connectivity index (χ1) is 9.47. The normalized spacial score (nSPS) is 14.2. The van der Waals surface area contributed by atoms with Gasteiger partial charge in [0.05, 0.1) is 0 Å². The second-order valence-electron chi connectivity index (χ2n) is 4.14. The smallest absolute Gasteiger partial charge is 0.422 e. The van der Waals surface area contributed by atoms with E-state index in [4.69, 9.17) is 5.11 Å². The van der Waals surface area contributed by atoms with Gasteiger partial charge < -0.3 is 15.7 Å². The average molecular weight is 312 g/mol. The zero-order chi connectivity index (χ0) is 16.4. The van der Waals surface area contributed by atoms with Crippen molar-refractivity contribution in [2.24, 2.45) is 0 Å². The van der Waals surface area contributed by atoms with Crippen molar-refractivity contribution in [1.29, 1.82) is 0 Å². The first-order valence-electron chi connectivity index (χ1n) is 5.31. The van der Waals surface area contributed by atoms with Gasteiger partial charge in [-0.2, -0.15) is 13.2 Å². The summed E-state index contributed by atoms with van der Waals surface area (Å²) in [6, 6.07) is 0.526. The molecule has 2 amide bonds. The van der Waals surface area contributed by atoms with Gasteiger partial charge in [0.15, 0.2) is 11.6 Å². The van der Waals surface area contributed by atoms with Gasteiger partial charge in [-0.25, -0.2) is 18.4 Å².